The van der Waals surface area contributed by atoms with E-state index in [1.807, 2.05) is 36.4 Å². The second kappa shape index (κ2) is 7.49. The first-order valence-electron chi connectivity index (χ1n) is 9.19. The van der Waals surface area contributed by atoms with Crippen LogP contribution in [0.2, 0.25) is 5.02 Å². The van der Waals surface area contributed by atoms with E-state index < -0.39 is 5.97 Å². The number of carbonyl (C=O) groups is 1. The van der Waals surface area contributed by atoms with Crippen LogP contribution in [0.1, 0.15) is 35.8 Å². The number of hydrogen-bond acceptors (Lipinski definition) is 5. The third-order valence-electron chi connectivity index (χ3n) is 4.88. The van der Waals surface area contributed by atoms with E-state index in [1.54, 1.807) is 18.3 Å². The second-order valence-corrected chi connectivity index (χ2v) is 8.02. The molecule has 0 saturated heterocycles. The standard InChI is InChI=1S/C22H20ClNO3S/c1-3-12-6-5-7-15-18-20(28-19(12)15)16(13-8-10-14(23)11-9-13)17(21(24)27-18)22(25)26-4-2/h5-11,16H,3-4,24H2,1-2H3. The number of hydrogen-bond donors (Lipinski definition) is 1. The zero-order valence-electron chi connectivity index (χ0n) is 15.6. The van der Waals surface area contributed by atoms with Gasteiger partial charge in [0.15, 0.2) is 5.75 Å². The summed E-state index contributed by atoms with van der Waals surface area (Å²) in [5.41, 5.74) is 8.74. The van der Waals surface area contributed by atoms with Crippen molar-refractivity contribution in [2.75, 3.05) is 6.61 Å². The predicted molar refractivity (Wildman–Crippen MR) is 113 cm³/mol. The van der Waals surface area contributed by atoms with Crippen molar-refractivity contribution in [3.63, 3.8) is 0 Å². The average Bonchev–Trinajstić information content (AvgIpc) is 3.06. The summed E-state index contributed by atoms with van der Waals surface area (Å²) in [6.45, 7) is 4.16. The minimum Gasteiger partial charge on any atom is -0.462 e. The van der Waals surface area contributed by atoms with Gasteiger partial charge in [0.2, 0.25) is 5.88 Å². The lowest BCUT2D eigenvalue weighted by Gasteiger charge is -2.26. The van der Waals surface area contributed by atoms with Gasteiger partial charge in [-0.25, -0.2) is 4.79 Å². The Balaban J connectivity index is 1.97. The van der Waals surface area contributed by atoms with Crippen LogP contribution in [0.5, 0.6) is 5.75 Å². The fourth-order valence-electron chi connectivity index (χ4n) is 3.59. The van der Waals surface area contributed by atoms with Gasteiger partial charge in [-0.05, 0) is 42.7 Å². The van der Waals surface area contributed by atoms with Gasteiger partial charge in [-0.15, -0.1) is 11.3 Å². The Morgan fingerprint density at radius 2 is 1.96 bits per heavy atom. The second-order valence-electron chi connectivity index (χ2n) is 6.53. The van der Waals surface area contributed by atoms with Crippen molar-refractivity contribution >= 4 is 39.0 Å². The molecule has 0 bridgehead atoms. The number of rotatable bonds is 4. The van der Waals surface area contributed by atoms with Crippen LogP contribution in [0.3, 0.4) is 0 Å². The SMILES string of the molecule is CCOC(=O)C1=C(N)Oc2c(sc3c(CC)cccc23)C1c1ccc(Cl)cc1. The Morgan fingerprint density at radius 1 is 1.21 bits per heavy atom. The molecule has 0 aliphatic carbocycles. The maximum atomic E-state index is 12.7. The molecule has 2 aromatic carbocycles. The van der Waals surface area contributed by atoms with Crippen LogP contribution in [0.4, 0.5) is 0 Å². The van der Waals surface area contributed by atoms with E-state index in [0.29, 0.717) is 10.6 Å². The molecule has 1 unspecified atom stereocenters. The molecule has 2 N–H and O–H groups in total. The van der Waals surface area contributed by atoms with Gasteiger partial charge in [0.1, 0.15) is 5.57 Å². The van der Waals surface area contributed by atoms with E-state index in [1.165, 1.54) is 5.56 Å². The zero-order chi connectivity index (χ0) is 19.8. The molecule has 0 fully saturated rings. The summed E-state index contributed by atoms with van der Waals surface area (Å²) >= 11 is 7.73. The third-order valence-corrected chi connectivity index (χ3v) is 6.46. The quantitative estimate of drug-likeness (QED) is 0.583. The molecule has 3 aromatic rings. The van der Waals surface area contributed by atoms with E-state index in [9.17, 15) is 4.79 Å². The van der Waals surface area contributed by atoms with Crippen LogP contribution in [0.25, 0.3) is 10.1 Å². The monoisotopic (exact) mass is 413 g/mol. The predicted octanol–water partition coefficient (Wildman–Crippen LogP) is 5.37. The average molecular weight is 414 g/mol. The van der Waals surface area contributed by atoms with Crippen LogP contribution < -0.4 is 10.5 Å². The largest absolute Gasteiger partial charge is 0.462 e. The van der Waals surface area contributed by atoms with Crippen molar-refractivity contribution in [3.8, 4) is 5.75 Å². The van der Waals surface area contributed by atoms with Crippen molar-refractivity contribution < 1.29 is 14.3 Å². The summed E-state index contributed by atoms with van der Waals surface area (Å²) in [5, 5.41) is 1.65. The molecule has 1 aliphatic heterocycles. The molecule has 0 spiro atoms. The summed E-state index contributed by atoms with van der Waals surface area (Å²) in [5.74, 6) is -0.00533. The van der Waals surface area contributed by atoms with Crippen molar-refractivity contribution in [2.45, 2.75) is 26.2 Å². The first kappa shape index (κ1) is 18.8. The van der Waals surface area contributed by atoms with Crippen molar-refractivity contribution in [3.05, 3.63) is 74.9 Å². The molecule has 0 radical (unpaired) electrons. The highest BCUT2D eigenvalue weighted by molar-refractivity contribution is 7.19. The number of aryl methyl sites for hydroxylation is 1. The van der Waals surface area contributed by atoms with Gasteiger partial charge in [-0.3, -0.25) is 0 Å². The lowest BCUT2D eigenvalue weighted by atomic mass is 9.87. The van der Waals surface area contributed by atoms with Gasteiger partial charge in [-0.1, -0.05) is 42.8 Å². The van der Waals surface area contributed by atoms with Gasteiger partial charge in [0.05, 0.1) is 17.4 Å². The summed E-state index contributed by atoms with van der Waals surface area (Å²) in [4.78, 5) is 13.7. The van der Waals surface area contributed by atoms with Crippen LogP contribution in [-0.2, 0) is 16.0 Å². The highest BCUT2D eigenvalue weighted by atomic mass is 35.5. The number of carbonyl (C=O) groups excluding carboxylic acids is 1. The molecule has 1 atom stereocenters. The molecule has 4 nitrogen and oxygen atoms in total. The van der Waals surface area contributed by atoms with Crippen molar-refractivity contribution in [2.24, 2.45) is 5.73 Å². The molecule has 0 amide bonds. The first-order chi connectivity index (χ1) is 13.5. The van der Waals surface area contributed by atoms with Crippen molar-refractivity contribution in [1.29, 1.82) is 0 Å². The maximum absolute atomic E-state index is 12.7. The number of nitrogens with two attached hydrogens (primary N) is 1. The maximum Gasteiger partial charge on any atom is 0.340 e. The summed E-state index contributed by atoms with van der Waals surface area (Å²) in [6, 6.07) is 13.6. The van der Waals surface area contributed by atoms with Gasteiger partial charge >= 0.3 is 5.97 Å². The zero-order valence-corrected chi connectivity index (χ0v) is 17.2. The number of fused-ring (bicyclic) bond motifs is 3. The number of thiophene rings is 1. The van der Waals surface area contributed by atoms with Crippen LogP contribution >= 0.6 is 22.9 Å². The lowest BCUT2D eigenvalue weighted by molar-refractivity contribution is -0.139. The summed E-state index contributed by atoms with van der Waals surface area (Å²) in [7, 11) is 0. The highest BCUT2D eigenvalue weighted by Crippen LogP contribution is 2.51. The summed E-state index contributed by atoms with van der Waals surface area (Å²) in [6.07, 6.45) is 0.913. The highest BCUT2D eigenvalue weighted by Gasteiger charge is 2.38. The number of esters is 1. The van der Waals surface area contributed by atoms with Gasteiger partial charge in [0, 0.05) is 15.1 Å². The molecular formula is C22H20ClNO3S. The molecule has 144 valence electrons. The molecule has 6 heteroatoms. The fraction of sp³-hybridized carbons (Fsp3) is 0.227. The molecule has 4 rings (SSSR count). The Kier molecular flexibility index (Phi) is 5.04. The van der Waals surface area contributed by atoms with E-state index in [0.717, 1.165) is 32.7 Å². The Hall–Kier alpha value is -2.50. The van der Waals surface area contributed by atoms with E-state index in [4.69, 9.17) is 26.8 Å². The molecule has 1 aromatic heterocycles. The molecule has 2 heterocycles. The number of ether oxygens (including phenoxy) is 2. The van der Waals surface area contributed by atoms with E-state index in [2.05, 4.69) is 13.0 Å². The van der Waals surface area contributed by atoms with Gasteiger partial charge in [-0.2, -0.15) is 0 Å². The molecule has 1 aliphatic rings. The molecular weight excluding hydrogens is 394 g/mol. The topological polar surface area (TPSA) is 61.5 Å². The van der Waals surface area contributed by atoms with Crippen LogP contribution in [0.15, 0.2) is 53.9 Å². The molecule has 28 heavy (non-hydrogen) atoms. The van der Waals surface area contributed by atoms with E-state index in [-0.39, 0.29) is 18.4 Å². The number of halogens is 1. The van der Waals surface area contributed by atoms with E-state index >= 15 is 0 Å². The van der Waals surface area contributed by atoms with Gasteiger partial charge in [0.25, 0.3) is 0 Å². The number of benzene rings is 2. The fourth-order valence-corrected chi connectivity index (χ4v) is 5.16. The minimum atomic E-state index is -0.459. The Morgan fingerprint density at radius 3 is 2.64 bits per heavy atom. The summed E-state index contributed by atoms with van der Waals surface area (Å²) < 4.78 is 12.4. The van der Waals surface area contributed by atoms with Crippen molar-refractivity contribution in [1.82, 2.24) is 0 Å². The lowest BCUT2D eigenvalue weighted by Crippen LogP contribution is -2.26. The van der Waals surface area contributed by atoms with Crippen LogP contribution in [-0.4, -0.2) is 12.6 Å². The third kappa shape index (κ3) is 3.05. The normalized spacial score (nSPS) is 16.0. The Bertz CT molecular complexity index is 1090. The molecule has 0 saturated carbocycles. The Labute approximate surface area is 172 Å². The first-order valence-corrected chi connectivity index (χ1v) is 10.4. The van der Waals surface area contributed by atoms with Gasteiger partial charge < -0.3 is 15.2 Å². The minimum absolute atomic E-state index is 0.0903. The van der Waals surface area contributed by atoms with Crippen LogP contribution in [0, 0.1) is 0 Å². The smallest absolute Gasteiger partial charge is 0.340 e.